The summed E-state index contributed by atoms with van der Waals surface area (Å²) in [6, 6.07) is 5.02. The van der Waals surface area contributed by atoms with Crippen LogP contribution in [0.2, 0.25) is 5.15 Å². The van der Waals surface area contributed by atoms with Gasteiger partial charge in [0.05, 0.1) is 12.0 Å². The van der Waals surface area contributed by atoms with Crippen LogP contribution in [0.15, 0.2) is 28.0 Å². The van der Waals surface area contributed by atoms with Crippen LogP contribution in [-0.2, 0) is 0 Å². The smallest absolute Gasteiger partial charge is 0.322 e. The predicted octanol–water partition coefficient (Wildman–Crippen LogP) is 2.50. The molecule has 3 heterocycles. The summed E-state index contributed by atoms with van der Waals surface area (Å²) >= 11 is 7.14. The lowest BCUT2D eigenvalue weighted by atomic mass is 10.3. The molecule has 0 bridgehead atoms. The molecule has 0 aliphatic carbocycles. The number of nitrogens with zero attached hydrogens (tertiary/aromatic N) is 4. The van der Waals surface area contributed by atoms with Crippen molar-refractivity contribution in [3.05, 3.63) is 34.4 Å². The van der Waals surface area contributed by atoms with E-state index in [1.54, 1.807) is 0 Å². The molecule has 0 spiro atoms. The van der Waals surface area contributed by atoms with Gasteiger partial charge in [-0.2, -0.15) is 0 Å². The van der Waals surface area contributed by atoms with Crippen molar-refractivity contribution in [2.45, 2.75) is 0 Å². The molecule has 3 rings (SSSR count). The number of thiophene rings is 1. The number of ether oxygens (including phenoxy) is 1. The van der Waals surface area contributed by atoms with Gasteiger partial charge < -0.3 is 9.15 Å². The molecule has 0 radical (unpaired) electrons. The number of carbonyl (C=O) groups is 1. The Morgan fingerprint density at radius 3 is 2.95 bits per heavy atom. The first kappa shape index (κ1) is 14.4. The molecule has 1 N–H and O–H groups in total. The summed E-state index contributed by atoms with van der Waals surface area (Å²) in [7, 11) is 1.39. The van der Waals surface area contributed by atoms with Crippen molar-refractivity contribution in [2.24, 2.45) is 0 Å². The second kappa shape index (κ2) is 6.08. The van der Waals surface area contributed by atoms with Crippen LogP contribution in [0.4, 0.5) is 6.01 Å². The zero-order valence-electron chi connectivity index (χ0n) is 11.1. The van der Waals surface area contributed by atoms with Gasteiger partial charge in [-0.05, 0) is 11.4 Å². The summed E-state index contributed by atoms with van der Waals surface area (Å²) in [5.41, 5.74) is -0.0391. The third kappa shape index (κ3) is 2.90. The van der Waals surface area contributed by atoms with Crippen LogP contribution < -0.4 is 10.1 Å². The minimum Gasteiger partial charge on any atom is -0.494 e. The number of hydrogen-bond donors (Lipinski definition) is 1. The van der Waals surface area contributed by atoms with E-state index in [0.29, 0.717) is 5.89 Å². The molecule has 0 aliphatic heterocycles. The van der Waals surface area contributed by atoms with Crippen LogP contribution in [0.5, 0.6) is 5.75 Å². The first-order valence-electron chi connectivity index (χ1n) is 5.93. The Morgan fingerprint density at radius 1 is 1.36 bits per heavy atom. The second-order valence-corrected chi connectivity index (χ2v) is 5.26. The van der Waals surface area contributed by atoms with Crippen LogP contribution >= 0.6 is 22.9 Å². The molecule has 0 atom stereocenters. The lowest BCUT2D eigenvalue weighted by molar-refractivity contribution is 0.101. The van der Waals surface area contributed by atoms with E-state index in [9.17, 15) is 4.79 Å². The largest absolute Gasteiger partial charge is 0.494 e. The van der Waals surface area contributed by atoms with Crippen molar-refractivity contribution >= 4 is 34.9 Å². The predicted molar refractivity (Wildman–Crippen MR) is 79.2 cm³/mol. The van der Waals surface area contributed by atoms with Gasteiger partial charge in [0.15, 0.2) is 16.6 Å². The number of rotatable bonds is 4. The lowest BCUT2D eigenvalue weighted by Crippen LogP contribution is -2.16. The molecule has 0 saturated heterocycles. The normalized spacial score (nSPS) is 10.5. The van der Waals surface area contributed by atoms with Crippen LogP contribution in [0.3, 0.4) is 0 Å². The fraction of sp³-hybridized carbons (Fsp3) is 0.0833. The number of amides is 1. The van der Waals surface area contributed by atoms with Gasteiger partial charge in [-0.1, -0.05) is 22.8 Å². The van der Waals surface area contributed by atoms with Crippen LogP contribution in [0, 0.1) is 0 Å². The van der Waals surface area contributed by atoms with Gasteiger partial charge in [0.2, 0.25) is 0 Å². The third-order valence-corrected chi connectivity index (χ3v) is 3.58. The SMILES string of the molecule is COc1cc(Cl)nnc1C(=O)Nc1nnc(-c2cccs2)o1. The van der Waals surface area contributed by atoms with E-state index in [1.807, 2.05) is 17.5 Å². The highest BCUT2D eigenvalue weighted by Crippen LogP contribution is 2.25. The summed E-state index contributed by atoms with van der Waals surface area (Å²) in [5.74, 6) is -0.0858. The Balaban J connectivity index is 1.80. The third-order valence-electron chi connectivity index (χ3n) is 2.54. The maximum absolute atomic E-state index is 12.1. The van der Waals surface area contributed by atoms with Gasteiger partial charge in [0, 0.05) is 6.07 Å². The van der Waals surface area contributed by atoms with Crippen molar-refractivity contribution in [3.63, 3.8) is 0 Å². The van der Waals surface area contributed by atoms with Crippen LogP contribution in [0.1, 0.15) is 10.5 Å². The zero-order chi connectivity index (χ0) is 15.5. The molecule has 1 amide bonds. The molecule has 0 aliphatic rings. The van der Waals surface area contributed by atoms with Gasteiger partial charge >= 0.3 is 6.01 Å². The van der Waals surface area contributed by atoms with Crippen molar-refractivity contribution in [2.75, 3.05) is 12.4 Å². The lowest BCUT2D eigenvalue weighted by Gasteiger charge is -2.05. The van der Waals surface area contributed by atoms with Gasteiger partial charge in [-0.15, -0.1) is 26.6 Å². The minimum absolute atomic E-state index is 0.0391. The number of halogens is 1. The summed E-state index contributed by atoms with van der Waals surface area (Å²) in [6.45, 7) is 0. The van der Waals surface area contributed by atoms with Crippen molar-refractivity contribution in [1.82, 2.24) is 20.4 Å². The van der Waals surface area contributed by atoms with Crippen molar-refractivity contribution < 1.29 is 13.9 Å². The number of hydrogen-bond acceptors (Lipinski definition) is 8. The van der Waals surface area contributed by atoms with Gasteiger partial charge in [-0.25, -0.2) is 0 Å². The molecular weight excluding hydrogens is 330 g/mol. The standard InChI is InChI=1S/C12H8ClN5O3S/c1-20-6-5-8(13)15-16-9(6)10(19)14-12-18-17-11(21-12)7-3-2-4-22-7/h2-5H,1H3,(H,14,18,19). The zero-order valence-corrected chi connectivity index (χ0v) is 12.7. The highest BCUT2D eigenvalue weighted by atomic mass is 35.5. The number of anilines is 1. The van der Waals surface area contributed by atoms with Gasteiger partial charge in [-0.3, -0.25) is 10.1 Å². The maximum Gasteiger partial charge on any atom is 0.322 e. The van der Waals surface area contributed by atoms with E-state index in [1.165, 1.54) is 24.5 Å². The molecule has 10 heteroatoms. The topological polar surface area (TPSA) is 103 Å². The molecule has 8 nitrogen and oxygen atoms in total. The van der Waals surface area contributed by atoms with E-state index in [4.69, 9.17) is 20.8 Å². The summed E-state index contributed by atoms with van der Waals surface area (Å²) in [6.07, 6.45) is 0. The summed E-state index contributed by atoms with van der Waals surface area (Å²) in [5, 5.41) is 19.3. The molecule has 3 aromatic heterocycles. The van der Waals surface area contributed by atoms with Gasteiger partial charge in [0.1, 0.15) is 0 Å². The Hall–Kier alpha value is -2.52. The quantitative estimate of drug-likeness (QED) is 0.780. The van der Waals surface area contributed by atoms with E-state index in [2.05, 4.69) is 25.7 Å². The molecule has 3 aromatic rings. The van der Waals surface area contributed by atoms with E-state index >= 15 is 0 Å². The first-order valence-corrected chi connectivity index (χ1v) is 7.19. The average Bonchev–Trinajstić information content (AvgIpc) is 3.17. The van der Waals surface area contributed by atoms with Crippen LogP contribution in [-0.4, -0.2) is 33.4 Å². The van der Waals surface area contributed by atoms with E-state index in [0.717, 1.165) is 4.88 Å². The fourth-order valence-electron chi connectivity index (χ4n) is 1.60. The molecule has 22 heavy (non-hydrogen) atoms. The van der Waals surface area contributed by atoms with E-state index in [-0.39, 0.29) is 22.6 Å². The Labute approximate surface area is 133 Å². The molecule has 0 saturated carbocycles. The number of nitrogens with one attached hydrogen (secondary N) is 1. The average molecular weight is 338 g/mol. The Kier molecular flexibility index (Phi) is 3.98. The second-order valence-electron chi connectivity index (χ2n) is 3.93. The molecule has 0 fully saturated rings. The number of methoxy groups -OCH3 is 1. The number of carbonyl (C=O) groups excluding carboxylic acids is 1. The monoisotopic (exact) mass is 337 g/mol. The summed E-state index contributed by atoms with van der Waals surface area (Å²) in [4.78, 5) is 12.9. The number of aromatic nitrogens is 4. The highest BCUT2D eigenvalue weighted by Gasteiger charge is 2.19. The molecule has 0 unspecified atom stereocenters. The Morgan fingerprint density at radius 2 is 2.23 bits per heavy atom. The molecule has 0 aromatic carbocycles. The van der Waals surface area contributed by atoms with Crippen molar-refractivity contribution in [1.29, 1.82) is 0 Å². The maximum atomic E-state index is 12.1. The first-order chi connectivity index (χ1) is 10.7. The van der Waals surface area contributed by atoms with Crippen LogP contribution in [0.25, 0.3) is 10.8 Å². The van der Waals surface area contributed by atoms with Crippen molar-refractivity contribution in [3.8, 4) is 16.5 Å². The fourth-order valence-corrected chi connectivity index (χ4v) is 2.38. The molecule has 112 valence electrons. The Bertz CT molecular complexity index is 805. The summed E-state index contributed by atoms with van der Waals surface area (Å²) < 4.78 is 10.4. The minimum atomic E-state index is -0.595. The van der Waals surface area contributed by atoms with E-state index < -0.39 is 5.91 Å². The molecular formula is C12H8ClN5O3S. The van der Waals surface area contributed by atoms with Gasteiger partial charge in [0.25, 0.3) is 11.8 Å². The highest BCUT2D eigenvalue weighted by molar-refractivity contribution is 7.13.